The number of halogens is 1. The van der Waals surface area contributed by atoms with E-state index in [1.54, 1.807) is 0 Å². The summed E-state index contributed by atoms with van der Waals surface area (Å²) in [6, 6.07) is 5.87. The van der Waals surface area contributed by atoms with Crippen LogP contribution in [0, 0.1) is 0 Å². The van der Waals surface area contributed by atoms with E-state index in [1.807, 2.05) is 30.0 Å². The highest BCUT2D eigenvalue weighted by Crippen LogP contribution is 2.28. The Kier molecular flexibility index (Phi) is 3.72. The van der Waals surface area contributed by atoms with Crippen LogP contribution in [0.1, 0.15) is 25.8 Å². The molecule has 0 saturated heterocycles. The number of rotatable bonds is 2. The molecule has 1 aromatic rings. The first kappa shape index (κ1) is 12.4. The summed E-state index contributed by atoms with van der Waals surface area (Å²) in [5, 5.41) is 0. The third kappa shape index (κ3) is 2.63. The van der Waals surface area contributed by atoms with Gasteiger partial charge >= 0.3 is 0 Å². The third-order valence-corrected chi connectivity index (χ3v) is 3.33. The third-order valence-electron chi connectivity index (χ3n) is 2.84. The van der Waals surface area contributed by atoms with Crippen molar-refractivity contribution in [2.45, 2.75) is 32.9 Å². The monoisotopic (exact) mass is 297 g/mol. The number of hydrogen-bond donors (Lipinski definition) is 0. The number of benzene rings is 1. The summed E-state index contributed by atoms with van der Waals surface area (Å²) in [6.07, 6.45) is 0.561. The van der Waals surface area contributed by atoms with Crippen LogP contribution in [-0.2, 0) is 11.3 Å². The van der Waals surface area contributed by atoms with E-state index in [9.17, 15) is 4.79 Å². The summed E-state index contributed by atoms with van der Waals surface area (Å²) in [4.78, 5) is 13.9. The number of fused-ring (bicyclic) bond motifs is 1. The molecule has 1 aliphatic rings. The summed E-state index contributed by atoms with van der Waals surface area (Å²) in [6.45, 7) is 5.29. The maximum absolute atomic E-state index is 12.1. The molecule has 0 radical (unpaired) electrons. The standard InChI is InChI=1S/C13H16BrNO2/c1-3-6-15-8-10-7-11(14)4-5-12(10)17-9(2)13(15)16/h4-5,7,9H,3,6,8H2,1-2H3. The normalized spacial score (nSPS) is 19.6. The molecule has 4 heteroatoms. The molecule has 0 aliphatic carbocycles. The van der Waals surface area contributed by atoms with Gasteiger partial charge in [-0.1, -0.05) is 22.9 Å². The molecule has 1 unspecified atom stereocenters. The topological polar surface area (TPSA) is 29.5 Å². The zero-order valence-electron chi connectivity index (χ0n) is 10.1. The fourth-order valence-electron chi connectivity index (χ4n) is 2.03. The Bertz CT molecular complexity index is 433. The molecule has 92 valence electrons. The van der Waals surface area contributed by atoms with Crippen LogP contribution in [-0.4, -0.2) is 23.5 Å². The van der Waals surface area contributed by atoms with Crippen LogP contribution in [0.2, 0.25) is 0 Å². The first-order valence-corrected chi connectivity index (χ1v) is 6.65. The quantitative estimate of drug-likeness (QED) is 0.840. The summed E-state index contributed by atoms with van der Waals surface area (Å²) in [5.41, 5.74) is 1.06. The summed E-state index contributed by atoms with van der Waals surface area (Å²) >= 11 is 3.45. The minimum absolute atomic E-state index is 0.0687. The maximum atomic E-state index is 12.1. The van der Waals surface area contributed by atoms with Crippen molar-refractivity contribution in [2.24, 2.45) is 0 Å². The SMILES string of the molecule is CCCN1Cc2cc(Br)ccc2OC(C)C1=O. The van der Waals surface area contributed by atoms with E-state index < -0.39 is 6.10 Å². The van der Waals surface area contributed by atoms with Crippen LogP contribution < -0.4 is 4.74 Å². The highest BCUT2D eigenvalue weighted by molar-refractivity contribution is 9.10. The van der Waals surface area contributed by atoms with Crippen LogP contribution in [0.3, 0.4) is 0 Å². The highest BCUT2D eigenvalue weighted by Gasteiger charge is 2.27. The van der Waals surface area contributed by atoms with E-state index in [0.29, 0.717) is 6.54 Å². The maximum Gasteiger partial charge on any atom is 0.263 e. The van der Waals surface area contributed by atoms with E-state index in [1.165, 1.54) is 0 Å². The molecule has 2 rings (SSSR count). The van der Waals surface area contributed by atoms with E-state index in [-0.39, 0.29) is 5.91 Å². The minimum atomic E-state index is -0.399. The summed E-state index contributed by atoms with van der Waals surface area (Å²) < 4.78 is 6.70. The van der Waals surface area contributed by atoms with Crippen molar-refractivity contribution >= 4 is 21.8 Å². The van der Waals surface area contributed by atoms with Crippen LogP contribution in [0.25, 0.3) is 0 Å². The second-order valence-corrected chi connectivity index (χ2v) is 5.19. The van der Waals surface area contributed by atoms with Gasteiger partial charge in [0.05, 0.1) is 0 Å². The Balaban J connectivity index is 2.34. The van der Waals surface area contributed by atoms with Gasteiger partial charge in [0, 0.05) is 23.1 Å². The predicted octanol–water partition coefficient (Wildman–Crippen LogP) is 2.97. The Labute approximate surface area is 110 Å². The Morgan fingerprint density at radius 1 is 1.53 bits per heavy atom. The fraction of sp³-hybridized carbons (Fsp3) is 0.462. The number of carbonyl (C=O) groups is 1. The van der Waals surface area contributed by atoms with E-state index in [2.05, 4.69) is 22.9 Å². The molecule has 0 spiro atoms. The molecular formula is C13H16BrNO2. The molecule has 0 saturated carbocycles. The first-order chi connectivity index (χ1) is 8.11. The largest absolute Gasteiger partial charge is 0.481 e. The van der Waals surface area contributed by atoms with Gasteiger partial charge in [-0.3, -0.25) is 4.79 Å². The van der Waals surface area contributed by atoms with Gasteiger partial charge in [-0.25, -0.2) is 0 Å². The number of nitrogens with zero attached hydrogens (tertiary/aromatic N) is 1. The van der Waals surface area contributed by atoms with Gasteiger partial charge in [-0.15, -0.1) is 0 Å². The van der Waals surface area contributed by atoms with Gasteiger partial charge in [0.25, 0.3) is 5.91 Å². The molecular weight excluding hydrogens is 282 g/mol. The number of hydrogen-bond acceptors (Lipinski definition) is 2. The molecule has 0 aromatic heterocycles. The lowest BCUT2D eigenvalue weighted by Crippen LogP contribution is -2.38. The average molecular weight is 298 g/mol. The van der Waals surface area contributed by atoms with Gasteiger partial charge < -0.3 is 9.64 Å². The van der Waals surface area contributed by atoms with Crippen molar-refractivity contribution in [1.29, 1.82) is 0 Å². The molecule has 3 nitrogen and oxygen atoms in total. The molecule has 1 aliphatic heterocycles. The number of amides is 1. The van der Waals surface area contributed by atoms with Crippen molar-refractivity contribution in [3.05, 3.63) is 28.2 Å². The molecule has 0 bridgehead atoms. The van der Waals surface area contributed by atoms with E-state index in [0.717, 1.165) is 28.8 Å². The highest BCUT2D eigenvalue weighted by atomic mass is 79.9. The second kappa shape index (κ2) is 5.08. The van der Waals surface area contributed by atoms with Gasteiger partial charge in [0.1, 0.15) is 5.75 Å². The first-order valence-electron chi connectivity index (χ1n) is 5.85. The van der Waals surface area contributed by atoms with Crippen molar-refractivity contribution in [2.75, 3.05) is 6.54 Å². The van der Waals surface area contributed by atoms with E-state index in [4.69, 9.17) is 4.74 Å². The Morgan fingerprint density at radius 3 is 3.00 bits per heavy atom. The zero-order chi connectivity index (χ0) is 12.4. The van der Waals surface area contributed by atoms with Gasteiger partial charge in [0.15, 0.2) is 6.10 Å². The van der Waals surface area contributed by atoms with Crippen LogP contribution in [0.5, 0.6) is 5.75 Å². The molecule has 1 atom stereocenters. The van der Waals surface area contributed by atoms with Crippen molar-refractivity contribution < 1.29 is 9.53 Å². The Morgan fingerprint density at radius 2 is 2.29 bits per heavy atom. The molecule has 0 fully saturated rings. The molecule has 1 aromatic carbocycles. The second-order valence-electron chi connectivity index (χ2n) is 4.27. The lowest BCUT2D eigenvalue weighted by atomic mass is 10.2. The minimum Gasteiger partial charge on any atom is -0.481 e. The smallest absolute Gasteiger partial charge is 0.263 e. The summed E-state index contributed by atoms with van der Waals surface area (Å²) in [7, 11) is 0. The van der Waals surface area contributed by atoms with Crippen molar-refractivity contribution in [1.82, 2.24) is 4.90 Å². The van der Waals surface area contributed by atoms with Gasteiger partial charge in [-0.2, -0.15) is 0 Å². The lowest BCUT2D eigenvalue weighted by molar-refractivity contribution is -0.137. The van der Waals surface area contributed by atoms with E-state index >= 15 is 0 Å². The summed E-state index contributed by atoms with van der Waals surface area (Å²) in [5.74, 6) is 0.881. The fourth-order valence-corrected chi connectivity index (χ4v) is 2.44. The predicted molar refractivity (Wildman–Crippen MR) is 69.9 cm³/mol. The van der Waals surface area contributed by atoms with Gasteiger partial charge in [-0.05, 0) is 31.5 Å². The molecule has 0 N–H and O–H groups in total. The number of ether oxygens (including phenoxy) is 1. The van der Waals surface area contributed by atoms with Crippen molar-refractivity contribution in [3.8, 4) is 5.75 Å². The molecule has 1 heterocycles. The van der Waals surface area contributed by atoms with Crippen LogP contribution >= 0.6 is 15.9 Å². The van der Waals surface area contributed by atoms with Crippen molar-refractivity contribution in [3.63, 3.8) is 0 Å². The molecule has 17 heavy (non-hydrogen) atoms. The average Bonchev–Trinajstić information content (AvgIpc) is 2.40. The Hall–Kier alpha value is -1.03. The number of carbonyl (C=O) groups excluding carboxylic acids is 1. The van der Waals surface area contributed by atoms with Crippen LogP contribution in [0.4, 0.5) is 0 Å². The molecule has 1 amide bonds. The zero-order valence-corrected chi connectivity index (χ0v) is 11.7. The lowest BCUT2D eigenvalue weighted by Gasteiger charge is -2.21. The van der Waals surface area contributed by atoms with Crippen LogP contribution in [0.15, 0.2) is 22.7 Å². The van der Waals surface area contributed by atoms with Gasteiger partial charge in [0.2, 0.25) is 0 Å².